The van der Waals surface area contributed by atoms with Crippen LogP contribution in [-0.2, 0) is 4.79 Å². The minimum Gasteiger partial charge on any atom is -0.479 e. The first-order valence-corrected chi connectivity index (χ1v) is 4.82. The second-order valence-corrected chi connectivity index (χ2v) is 3.30. The lowest BCUT2D eigenvalue weighted by Gasteiger charge is -1.97. The first-order chi connectivity index (χ1) is 8.56. The molecule has 0 aromatic carbocycles. The molecule has 94 valence electrons. The van der Waals surface area contributed by atoms with Crippen molar-refractivity contribution >= 4 is 5.97 Å². The summed E-state index contributed by atoms with van der Waals surface area (Å²) in [5.41, 5.74) is 0.241. The van der Waals surface area contributed by atoms with Gasteiger partial charge >= 0.3 is 5.97 Å². The smallest absolute Gasteiger partial charge is 0.341 e. The number of carboxylic acid groups (broad SMARTS) is 1. The Morgan fingerprint density at radius 2 is 2.28 bits per heavy atom. The summed E-state index contributed by atoms with van der Waals surface area (Å²) in [7, 11) is 0. The molecule has 2 aromatic rings. The Kier molecular flexibility index (Phi) is 3.09. The van der Waals surface area contributed by atoms with E-state index in [9.17, 15) is 14.4 Å². The van der Waals surface area contributed by atoms with E-state index in [1.165, 1.54) is 12.3 Å². The molecule has 2 aromatic heterocycles. The quantitative estimate of drug-likeness (QED) is 0.781. The number of hydrogen-bond acceptors (Lipinski definition) is 5. The maximum atomic E-state index is 13.0. The van der Waals surface area contributed by atoms with Crippen LogP contribution >= 0.6 is 0 Å². The van der Waals surface area contributed by atoms with Crippen LogP contribution in [0.2, 0.25) is 0 Å². The number of aromatic nitrogens is 3. The molecule has 2 heterocycles. The second kappa shape index (κ2) is 4.70. The fourth-order valence-corrected chi connectivity index (χ4v) is 1.28. The van der Waals surface area contributed by atoms with Gasteiger partial charge in [-0.05, 0) is 6.07 Å². The van der Waals surface area contributed by atoms with Gasteiger partial charge in [-0.1, -0.05) is 9.94 Å². The molecule has 0 unspecified atom stereocenters. The van der Waals surface area contributed by atoms with Gasteiger partial charge in [0.15, 0.2) is 6.61 Å². The van der Waals surface area contributed by atoms with Crippen LogP contribution in [-0.4, -0.2) is 37.8 Å². The number of pyridine rings is 1. The van der Waals surface area contributed by atoms with E-state index in [4.69, 9.17) is 9.84 Å². The number of nitrogens with zero attached hydrogens (tertiary/aromatic N) is 3. The molecule has 7 nitrogen and oxygen atoms in total. The van der Waals surface area contributed by atoms with Gasteiger partial charge in [0.05, 0.1) is 5.69 Å². The lowest BCUT2D eigenvalue weighted by molar-refractivity contribution is -0.139. The summed E-state index contributed by atoms with van der Waals surface area (Å²) < 4.78 is 17.8. The number of carbonyl (C=O) groups is 1. The fourth-order valence-electron chi connectivity index (χ4n) is 1.28. The first kappa shape index (κ1) is 11.8. The highest BCUT2D eigenvalue weighted by Crippen LogP contribution is 2.21. The van der Waals surface area contributed by atoms with Gasteiger partial charge < -0.3 is 15.1 Å². The lowest BCUT2D eigenvalue weighted by atomic mass is 10.3. The van der Waals surface area contributed by atoms with E-state index in [-0.39, 0.29) is 17.3 Å². The maximum Gasteiger partial charge on any atom is 0.341 e. The Balaban J connectivity index is 2.26. The highest BCUT2D eigenvalue weighted by atomic mass is 19.1. The molecular weight excluding hydrogens is 245 g/mol. The van der Waals surface area contributed by atoms with Crippen LogP contribution in [0.25, 0.3) is 11.4 Å². The molecule has 0 fully saturated rings. The Labute approximate surface area is 100 Å². The zero-order valence-corrected chi connectivity index (χ0v) is 8.95. The van der Waals surface area contributed by atoms with E-state index in [2.05, 4.69) is 10.1 Å². The van der Waals surface area contributed by atoms with Crippen molar-refractivity contribution in [2.75, 3.05) is 6.61 Å². The zero-order valence-electron chi connectivity index (χ0n) is 8.95. The standard InChI is InChI=1S/C10H8FN3O4/c11-6-1-2-12-7(3-6)8-4-9(13-14(8)17)18-5-10(15)16/h1-4,17H,5H2,(H,15,16). The molecule has 0 radical (unpaired) electrons. The second-order valence-electron chi connectivity index (χ2n) is 3.30. The number of hydrogen-bond donors (Lipinski definition) is 2. The summed E-state index contributed by atoms with van der Waals surface area (Å²) in [5, 5.41) is 21.4. The van der Waals surface area contributed by atoms with Gasteiger partial charge in [0.2, 0.25) is 5.88 Å². The van der Waals surface area contributed by atoms with Crippen LogP contribution in [0.4, 0.5) is 4.39 Å². The Hall–Kier alpha value is -2.64. The van der Waals surface area contributed by atoms with Gasteiger partial charge in [-0.2, -0.15) is 0 Å². The van der Waals surface area contributed by atoms with E-state index in [1.807, 2.05) is 0 Å². The molecule has 0 aliphatic heterocycles. The van der Waals surface area contributed by atoms with Crippen molar-refractivity contribution in [1.82, 2.24) is 14.9 Å². The van der Waals surface area contributed by atoms with Crippen molar-refractivity contribution in [2.45, 2.75) is 0 Å². The topological polar surface area (TPSA) is 97.5 Å². The summed E-state index contributed by atoms with van der Waals surface area (Å²) in [6.45, 7) is -0.590. The van der Waals surface area contributed by atoms with E-state index >= 15 is 0 Å². The normalized spacial score (nSPS) is 10.3. The molecule has 0 bridgehead atoms. The van der Waals surface area contributed by atoms with Crippen molar-refractivity contribution in [1.29, 1.82) is 0 Å². The van der Waals surface area contributed by atoms with E-state index < -0.39 is 18.4 Å². The molecule has 0 spiro atoms. The molecule has 0 aliphatic rings. The molecule has 2 rings (SSSR count). The first-order valence-electron chi connectivity index (χ1n) is 4.82. The van der Waals surface area contributed by atoms with E-state index in [0.717, 1.165) is 12.1 Å². The van der Waals surface area contributed by atoms with Crippen molar-refractivity contribution in [2.24, 2.45) is 0 Å². The van der Waals surface area contributed by atoms with Crippen LogP contribution in [0.5, 0.6) is 5.88 Å². The minimum atomic E-state index is -1.17. The number of halogens is 1. The molecular formula is C10H8FN3O4. The molecule has 0 saturated heterocycles. The van der Waals surface area contributed by atoms with Crippen molar-refractivity contribution in [3.8, 4) is 17.3 Å². The molecule has 0 saturated carbocycles. The highest BCUT2D eigenvalue weighted by molar-refractivity contribution is 5.68. The predicted octanol–water partition coefficient (Wildman–Crippen LogP) is 0.785. The lowest BCUT2D eigenvalue weighted by Crippen LogP contribution is -2.09. The molecule has 8 heteroatoms. The fraction of sp³-hybridized carbons (Fsp3) is 0.100. The summed E-state index contributed by atoms with van der Waals surface area (Å²) >= 11 is 0. The average Bonchev–Trinajstić information content (AvgIpc) is 2.68. The van der Waals surface area contributed by atoms with Crippen molar-refractivity contribution in [3.05, 3.63) is 30.2 Å². The molecule has 2 N–H and O–H groups in total. The van der Waals surface area contributed by atoms with Crippen LogP contribution in [0, 0.1) is 5.82 Å². The molecule has 0 amide bonds. The Morgan fingerprint density at radius 3 is 2.94 bits per heavy atom. The van der Waals surface area contributed by atoms with Crippen molar-refractivity contribution in [3.63, 3.8) is 0 Å². The Bertz CT molecular complexity index is 584. The molecule has 0 atom stereocenters. The van der Waals surface area contributed by atoms with Crippen LogP contribution in [0.15, 0.2) is 24.4 Å². The van der Waals surface area contributed by atoms with Crippen LogP contribution in [0.1, 0.15) is 0 Å². The zero-order chi connectivity index (χ0) is 13.1. The summed E-state index contributed by atoms with van der Waals surface area (Å²) in [6.07, 6.45) is 1.23. The third-order valence-corrected chi connectivity index (χ3v) is 2.00. The average molecular weight is 253 g/mol. The highest BCUT2D eigenvalue weighted by Gasteiger charge is 2.13. The summed E-state index contributed by atoms with van der Waals surface area (Å²) in [6, 6.07) is 3.51. The monoisotopic (exact) mass is 253 g/mol. The summed E-state index contributed by atoms with van der Waals surface area (Å²) in [4.78, 5) is 14.6. The predicted molar refractivity (Wildman–Crippen MR) is 55.7 cm³/mol. The van der Waals surface area contributed by atoms with Gasteiger partial charge in [-0.25, -0.2) is 9.18 Å². The summed E-state index contributed by atoms with van der Waals surface area (Å²) in [5.74, 6) is -1.79. The van der Waals surface area contributed by atoms with Crippen LogP contribution < -0.4 is 4.74 Å². The van der Waals surface area contributed by atoms with Gasteiger partial charge in [-0.15, -0.1) is 0 Å². The minimum absolute atomic E-state index is 0.0925. The largest absolute Gasteiger partial charge is 0.479 e. The molecule has 18 heavy (non-hydrogen) atoms. The van der Waals surface area contributed by atoms with Gasteiger partial charge in [0.25, 0.3) is 0 Å². The number of rotatable bonds is 4. The third-order valence-electron chi connectivity index (χ3n) is 2.00. The third kappa shape index (κ3) is 2.54. The van der Waals surface area contributed by atoms with E-state index in [0.29, 0.717) is 4.85 Å². The van der Waals surface area contributed by atoms with Gasteiger partial charge in [0.1, 0.15) is 11.5 Å². The SMILES string of the molecule is O=C(O)COc1cc(-c2cc(F)ccn2)n(O)n1. The Morgan fingerprint density at radius 1 is 1.50 bits per heavy atom. The number of ether oxygens (including phenoxy) is 1. The van der Waals surface area contributed by atoms with Gasteiger partial charge in [-0.3, -0.25) is 4.98 Å². The number of carboxylic acids is 1. The van der Waals surface area contributed by atoms with Crippen molar-refractivity contribution < 1.29 is 24.2 Å². The number of aliphatic carboxylic acids is 1. The molecule has 0 aliphatic carbocycles. The van der Waals surface area contributed by atoms with Crippen LogP contribution in [0.3, 0.4) is 0 Å². The van der Waals surface area contributed by atoms with Gasteiger partial charge in [0, 0.05) is 18.3 Å². The maximum absolute atomic E-state index is 13.0. The van der Waals surface area contributed by atoms with E-state index in [1.54, 1.807) is 0 Å².